The van der Waals surface area contributed by atoms with Crippen LogP contribution < -0.4 is 10.1 Å². The van der Waals surface area contributed by atoms with Crippen LogP contribution in [0.1, 0.15) is 39.8 Å². The van der Waals surface area contributed by atoms with Gasteiger partial charge in [0.25, 0.3) is 0 Å². The molecule has 0 saturated heterocycles. The fourth-order valence-electron chi connectivity index (χ4n) is 2.09. The molecular weight excluding hydrogens is 248 g/mol. The molecule has 0 saturated carbocycles. The number of aromatic nitrogens is 1. The van der Waals surface area contributed by atoms with Crippen molar-refractivity contribution in [2.24, 2.45) is 0 Å². The van der Waals surface area contributed by atoms with Crippen LogP contribution in [0.4, 0.5) is 0 Å². The van der Waals surface area contributed by atoms with Gasteiger partial charge in [0.05, 0.1) is 11.2 Å². The number of para-hydroxylation sites is 1. The van der Waals surface area contributed by atoms with Crippen molar-refractivity contribution in [3.05, 3.63) is 36.0 Å². The standard InChI is InChI=1S/C17H24N2O/c1-5-10-18-12-13-11-16(20-17(2,3)4)14-8-6-7-9-15(14)19-13/h6-9,11,18H,5,10,12H2,1-4H3. The van der Waals surface area contributed by atoms with E-state index in [9.17, 15) is 0 Å². The SMILES string of the molecule is CCCNCc1cc(OC(C)(C)C)c2ccccc2n1. The Morgan fingerprint density at radius 1 is 1.20 bits per heavy atom. The monoisotopic (exact) mass is 272 g/mol. The Labute approximate surface area is 121 Å². The van der Waals surface area contributed by atoms with Crippen molar-refractivity contribution >= 4 is 10.9 Å². The number of nitrogens with one attached hydrogen (secondary N) is 1. The second-order valence-electron chi connectivity index (χ2n) is 6.02. The van der Waals surface area contributed by atoms with E-state index in [4.69, 9.17) is 9.72 Å². The minimum Gasteiger partial charge on any atom is -0.487 e. The van der Waals surface area contributed by atoms with Gasteiger partial charge in [-0.25, -0.2) is 0 Å². The van der Waals surface area contributed by atoms with Crippen LogP contribution in [0.15, 0.2) is 30.3 Å². The summed E-state index contributed by atoms with van der Waals surface area (Å²) in [7, 11) is 0. The van der Waals surface area contributed by atoms with Crippen LogP contribution in [0, 0.1) is 0 Å². The maximum atomic E-state index is 6.09. The van der Waals surface area contributed by atoms with Gasteiger partial charge in [0.1, 0.15) is 11.4 Å². The van der Waals surface area contributed by atoms with Crippen molar-refractivity contribution in [2.75, 3.05) is 6.54 Å². The number of hydrogen-bond acceptors (Lipinski definition) is 3. The Bertz CT molecular complexity index is 573. The van der Waals surface area contributed by atoms with Crippen LogP contribution in [0.5, 0.6) is 5.75 Å². The van der Waals surface area contributed by atoms with Gasteiger partial charge in [-0.05, 0) is 45.9 Å². The highest BCUT2D eigenvalue weighted by Crippen LogP contribution is 2.28. The lowest BCUT2D eigenvalue weighted by atomic mass is 10.1. The van der Waals surface area contributed by atoms with E-state index in [0.29, 0.717) is 0 Å². The van der Waals surface area contributed by atoms with Gasteiger partial charge < -0.3 is 10.1 Å². The highest BCUT2D eigenvalue weighted by Gasteiger charge is 2.15. The fraction of sp³-hybridized carbons (Fsp3) is 0.471. The summed E-state index contributed by atoms with van der Waals surface area (Å²) in [6, 6.07) is 10.2. The van der Waals surface area contributed by atoms with E-state index >= 15 is 0 Å². The van der Waals surface area contributed by atoms with Crippen molar-refractivity contribution in [3.63, 3.8) is 0 Å². The quantitative estimate of drug-likeness (QED) is 0.838. The molecule has 1 heterocycles. The predicted octanol–water partition coefficient (Wildman–Crippen LogP) is 3.91. The molecule has 1 N–H and O–H groups in total. The van der Waals surface area contributed by atoms with Crippen LogP contribution in [0.3, 0.4) is 0 Å². The Morgan fingerprint density at radius 3 is 2.65 bits per heavy atom. The molecule has 3 nitrogen and oxygen atoms in total. The van der Waals surface area contributed by atoms with Crippen molar-refractivity contribution < 1.29 is 4.74 Å². The summed E-state index contributed by atoms with van der Waals surface area (Å²) in [5.74, 6) is 0.913. The van der Waals surface area contributed by atoms with Gasteiger partial charge in [0, 0.05) is 18.0 Å². The first-order valence-electron chi connectivity index (χ1n) is 7.28. The highest BCUT2D eigenvalue weighted by atomic mass is 16.5. The second kappa shape index (κ2) is 6.23. The molecule has 3 heteroatoms. The molecule has 0 amide bonds. The fourth-order valence-corrected chi connectivity index (χ4v) is 2.09. The summed E-state index contributed by atoms with van der Waals surface area (Å²) in [5, 5.41) is 4.46. The zero-order valence-corrected chi connectivity index (χ0v) is 12.9. The summed E-state index contributed by atoms with van der Waals surface area (Å²) >= 11 is 0. The molecule has 0 unspecified atom stereocenters. The molecule has 0 atom stereocenters. The summed E-state index contributed by atoms with van der Waals surface area (Å²) in [4.78, 5) is 4.70. The average Bonchev–Trinajstić information content (AvgIpc) is 2.37. The smallest absolute Gasteiger partial charge is 0.131 e. The third-order valence-corrected chi connectivity index (χ3v) is 2.88. The minimum absolute atomic E-state index is 0.210. The number of nitrogens with zero attached hydrogens (tertiary/aromatic N) is 1. The molecule has 0 radical (unpaired) electrons. The average molecular weight is 272 g/mol. The zero-order chi connectivity index (χ0) is 14.6. The van der Waals surface area contributed by atoms with E-state index in [1.165, 1.54) is 0 Å². The lowest BCUT2D eigenvalue weighted by molar-refractivity contribution is 0.133. The van der Waals surface area contributed by atoms with Crippen molar-refractivity contribution in [3.8, 4) is 5.75 Å². The van der Waals surface area contributed by atoms with Crippen LogP contribution in [0.2, 0.25) is 0 Å². The molecule has 0 aliphatic carbocycles. The highest BCUT2D eigenvalue weighted by molar-refractivity contribution is 5.85. The lowest BCUT2D eigenvalue weighted by Crippen LogP contribution is -2.23. The topological polar surface area (TPSA) is 34.1 Å². The van der Waals surface area contributed by atoms with E-state index < -0.39 is 0 Å². The Balaban J connectivity index is 2.36. The molecule has 2 aromatic rings. The molecule has 20 heavy (non-hydrogen) atoms. The molecular formula is C17H24N2O. The normalized spacial score (nSPS) is 11.8. The van der Waals surface area contributed by atoms with Gasteiger partial charge in [0.15, 0.2) is 0 Å². The predicted molar refractivity (Wildman–Crippen MR) is 84.1 cm³/mol. The first kappa shape index (κ1) is 14.8. The van der Waals surface area contributed by atoms with Gasteiger partial charge in [-0.3, -0.25) is 4.98 Å². The maximum Gasteiger partial charge on any atom is 0.131 e. The number of pyridine rings is 1. The first-order valence-corrected chi connectivity index (χ1v) is 7.28. The number of fused-ring (bicyclic) bond motifs is 1. The summed E-state index contributed by atoms with van der Waals surface area (Å²) in [5.41, 5.74) is 1.80. The number of ether oxygens (including phenoxy) is 1. The minimum atomic E-state index is -0.210. The molecule has 108 valence electrons. The third kappa shape index (κ3) is 3.94. The third-order valence-electron chi connectivity index (χ3n) is 2.88. The van der Waals surface area contributed by atoms with Gasteiger partial charge in [-0.1, -0.05) is 19.1 Å². The van der Waals surface area contributed by atoms with Crippen molar-refractivity contribution in [2.45, 2.75) is 46.3 Å². The summed E-state index contributed by atoms with van der Waals surface area (Å²) in [6.07, 6.45) is 1.12. The van der Waals surface area contributed by atoms with E-state index in [1.807, 2.05) is 18.2 Å². The molecule has 0 bridgehead atoms. The summed E-state index contributed by atoms with van der Waals surface area (Å²) < 4.78 is 6.09. The second-order valence-corrected chi connectivity index (χ2v) is 6.02. The Morgan fingerprint density at radius 2 is 1.95 bits per heavy atom. The summed E-state index contributed by atoms with van der Waals surface area (Å²) in [6.45, 7) is 10.1. The number of rotatable bonds is 5. The zero-order valence-electron chi connectivity index (χ0n) is 12.9. The number of hydrogen-bond donors (Lipinski definition) is 1. The lowest BCUT2D eigenvalue weighted by Gasteiger charge is -2.23. The van der Waals surface area contributed by atoms with Crippen molar-refractivity contribution in [1.29, 1.82) is 0 Å². The first-order chi connectivity index (χ1) is 9.49. The van der Waals surface area contributed by atoms with E-state index in [-0.39, 0.29) is 5.60 Å². The Hall–Kier alpha value is -1.61. The maximum absolute atomic E-state index is 6.09. The van der Waals surface area contributed by atoms with E-state index in [1.54, 1.807) is 0 Å². The molecule has 1 aromatic carbocycles. The van der Waals surface area contributed by atoms with Gasteiger partial charge in [-0.15, -0.1) is 0 Å². The van der Waals surface area contributed by atoms with Crippen LogP contribution in [0.25, 0.3) is 10.9 Å². The van der Waals surface area contributed by atoms with Gasteiger partial charge in [0.2, 0.25) is 0 Å². The molecule has 0 fully saturated rings. The van der Waals surface area contributed by atoms with Crippen LogP contribution in [-0.2, 0) is 6.54 Å². The molecule has 1 aromatic heterocycles. The molecule has 0 spiro atoms. The van der Waals surface area contributed by atoms with Crippen LogP contribution >= 0.6 is 0 Å². The van der Waals surface area contributed by atoms with Gasteiger partial charge in [-0.2, -0.15) is 0 Å². The largest absolute Gasteiger partial charge is 0.487 e. The number of benzene rings is 1. The molecule has 0 aliphatic heterocycles. The Kier molecular flexibility index (Phi) is 4.61. The van der Waals surface area contributed by atoms with E-state index in [2.05, 4.69) is 45.1 Å². The van der Waals surface area contributed by atoms with Crippen LogP contribution in [-0.4, -0.2) is 17.1 Å². The van der Waals surface area contributed by atoms with Crippen molar-refractivity contribution in [1.82, 2.24) is 10.3 Å². The molecule has 0 aliphatic rings. The molecule has 2 rings (SSSR count). The van der Waals surface area contributed by atoms with E-state index in [0.717, 1.165) is 41.9 Å². The van der Waals surface area contributed by atoms with Gasteiger partial charge >= 0.3 is 0 Å².